The molecule has 2 aliphatic carbocycles. The number of carbonyl (C=O) groups excluding carboxylic acids is 1. The number of amides is 1. The van der Waals surface area contributed by atoms with Crippen molar-refractivity contribution in [3.8, 4) is 5.75 Å². The summed E-state index contributed by atoms with van der Waals surface area (Å²) in [6.07, 6.45) is 5.24. The van der Waals surface area contributed by atoms with Crippen LogP contribution in [-0.4, -0.2) is 47.6 Å². The number of hydrogen-bond donors (Lipinski definition) is 2. The quantitative estimate of drug-likeness (QED) is 0.231. The second-order valence-electron chi connectivity index (χ2n) is 12.1. The largest absolute Gasteiger partial charge is 0.493 e. The van der Waals surface area contributed by atoms with E-state index in [1.165, 1.54) is 11.6 Å². The third kappa shape index (κ3) is 7.17. The van der Waals surface area contributed by atoms with Crippen molar-refractivity contribution in [3.05, 3.63) is 98.8 Å². The first kappa shape index (κ1) is 29.9. The molecule has 0 aromatic heterocycles. The molecule has 0 radical (unpaired) electrons. The van der Waals surface area contributed by atoms with Crippen LogP contribution in [-0.2, 0) is 4.79 Å². The van der Waals surface area contributed by atoms with Gasteiger partial charge in [0.25, 0.3) is 5.91 Å². The van der Waals surface area contributed by atoms with E-state index < -0.39 is 23.7 Å². The van der Waals surface area contributed by atoms with E-state index in [0.29, 0.717) is 28.3 Å². The van der Waals surface area contributed by atoms with E-state index in [9.17, 15) is 14.7 Å². The minimum atomic E-state index is -1.09. The highest BCUT2D eigenvalue weighted by molar-refractivity contribution is 6.34. The molecule has 2 saturated carbocycles. The summed E-state index contributed by atoms with van der Waals surface area (Å²) in [4.78, 5) is 26.9. The fourth-order valence-corrected chi connectivity index (χ4v) is 6.72. The van der Waals surface area contributed by atoms with Crippen LogP contribution in [0.15, 0.2) is 60.7 Å². The molecule has 3 aliphatic rings. The van der Waals surface area contributed by atoms with Gasteiger partial charge in [-0.15, -0.1) is 0 Å². The van der Waals surface area contributed by atoms with Crippen LogP contribution in [0, 0.1) is 17.7 Å². The van der Waals surface area contributed by atoms with Gasteiger partial charge in [0.15, 0.2) is 0 Å². The normalized spacial score (nSPS) is 19.0. The van der Waals surface area contributed by atoms with E-state index in [4.69, 9.17) is 27.9 Å². The molecule has 0 bridgehead atoms. The maximum Gasteiger partial charge on any atom is 0.326 e. The number of carbonyl (C=O) groups is 2. The fourth-order valence-electron chi connectivity index (χ4n) is 6.18. The summed E-state index contributed by atoms with van der Waals surface area (Å²) in [5.41, 5.74) is 2.93. The summed E-state index contributed by atoms with van der Waals surface area (Å²) in [7, 11) is 0. The minimum Gasteiger partial charge on any atom is -0.493 e. The first-order valence-corrected chi connectivity index (χ1v) is 15.8. The summed E-state index contributed by atoms with van der Waals surface area (Å²) in [6.45, 7) is 2.17. The Balaban J connectivity index is 1.12. The van der Waals surface area contributed by atoms with Gasteiger partial charge in [0.2, 0.25) is 0 Å². The van der Waals surface area contributed by atoms with Gasteiger partial charge in [0.1, 0.15) is 17.6 Å². The lowest BCUT2D eigenvalue weighted by molar-refractivity contribution is -0.139. The zero-order valence-corrected chi connectivity index (χ0v) is 25.3. The molecule has 2 atom stereocenters. The van der Waals surface area contributed by atoms with Crippen molar-refractivity contribution in [3.63, 3.8) is 0 Å². The molecule has 6 rings (SSSR count). The molecule has 2 unspecified atom stereocenters. The number of halogens is 3. The van der Waals surface area contributed by atoms with Gasteiger partial charge in [0, 0.05) is 16.1 Å². The SMILES string of the molecule is O=C(NC(C(=O)O)C1CC1)c1cc(C2CC2)c(OCC2CCN(C(c3ccccc3)c3cc(Cl)cc(Cl)c3)CC2)cc1F. The van der Waals surface area contributed by atoms with Crippen LogP contribution in [0.2, 0.25) is 10.0 Å². The first-order valence-electron chi connectivity index (χ1n) is 15.0. The van der Waals surface area contributed by atoms with Crippen molar-refractivity contribution >= 4 is 35.1 Å². The molecule has 1 aliphatic heterocycles. The molecule has 1 heterocycles. The van der Waals surface area contributed by atoms with Crippen LogP contribution in [0.1, 0.15) is 77.5 Å². The molecule has 6 nitrogen and oxygen atoms in total. The van der Waals surface area contributed by atoms with Crippen molar-refractivity contribution in [2.45, 2.75) is 56.5 Å². The van der Waals surface area contributed by atoms with Crippen LogP contribution in [0.25, 0.3) is 0 Å². The second kappa shape index (κ2) is 12.8. The van der Waals surface area contributed by atoms with Gasteiger partial charge in [-0.2, -0.15) is 0 Å². The summed E-state index contributed by atoms with van der Waals surface area (Å²) in [5.74, 6) is -1.57. The summed E-state index contributed by atoms with van der Waals surface area (Å²) in [6, 6.07) is 17.9. The Morgan fingerprint density at radius 2 is 1.60 bits per heavy atom. The number of likely N-dealkylation sites (tertiary alicyclic amines) is 1. The lowest BCUT2D eigenvalue weighted by Crippen LogP contribution is -2.42. The third-order valence-corrected chi connectivity index (χ3v) is 9.25. The molecular formula is C34H35Cl2FN2O4. The van der Waals surface area contributed by atoms with E-state index >= 15 is 4.39 Å². The maximum atomic E-state index is 15.2. The number of hydrogen-bond acceptors (Lipinski definition) is 4. The number of carboxylic acid groups (broad SMARTS) is 1. The van der Waals surface area contributed by atoms with Gasteiger partial charge in [-0.05, 0) is 110 Å². The van der Waals surface area contributed by atoms with Gasteiger partial charge in [-0.1, -0.05) is 53.5 Å². The van der Waals surface area contributed by atoms with E-state index in [2.05, 4.69) is 22.3 Å². The average Bonchev–Trinajstić information content (AvgIpc) is 3.90. The topological polar surface area (TPSA) is 78.9 Å². The number of nitrogens with one attached hydrogen (secondary N) is 1. The Morgan fingerprint density at radius 1 is 0.930 bits per heavy atom. The third-order valence-electron chi connectivity index (χ3n) is 8.81. The van der Waals surface area contributed by atoms with Crippen molar-refractivity contribution in [1.82, 2.24) is 10.2 Å². The highest BCUT2D eigenvalue weighted by Gasteiger charge is 2.38. The fraction of sp³-hybridized carbons (Fsp3) is 0.412. The number of nitrogens with zero attached hydrogens (tertiary/aromatic N) is 1. The van der Waals surface area contributed by atoms with Gasteiger partial charge < -0.3 is 15.2 Å². The molecule has 2 N–H and O–H groups in total. The zero-order chi connectivity index (χ0) is 30.1. The summed E-state index contributed by atoms with van der Waals surface area (Å²) < 4.78 is 21.4. The molecule has 43 heavy (non-hydrogen) atoms. The lowest BCUT2D eigenvalue weighted by atomic mass is 9.91. The second-order valence-corrected chi connectivity index (χ2v) is 13.0. The number of piperidine rings is 1. The first-order chi connectivity index (χ1) is 20.8. The molecule has 3 aromatic rings. The zero-order valence-electron chi connectivity index (χ0n) is 23.8. The Morgan fingerprint density at radius 3 is 2.21 bits per heavy atom. The highest BCUT2D eigenvalue weighted by Crippen LogP contribution is 2.45. The predicted octanol–water partition coefficient (Wildman–Crippen LogP) is 7.48. The van der Waals surface area contributed by atoms with Gasteiger partial charge in [-0.3, -0.25) is 9.69 Å². The van der Waals surface area contributed by atoms with E-state index in [0.717, 1.165) is 62.7 Å². The molecule has 226 valence electrons. The lowest BCUT2D eigenvalue weighted by Gasteiger charge is -2.38. The van der Waals surface area contributed by atoms with Crippen LogP contribution in [0.3, 0.4) is 0 Å². The Labute approximate surface area is 261 Å². The average molecular weight is 626 g/mol. The predicted molar refractivity (Wildman–Crippen MR) is 165 cm³/mol. The molecule has 3 fully saturated rings. The van der Waals surface area contributed by atoms with Crippen molar-refractivity contribution < 1.29 is 23.8 Å². The molecule has 9 heteroatoms. The van der Waals surface area contributed by atoms with E-state index in [1.807, 2.05) is 30.3 Å². The van der Waals surface area contributed by atoms with Crippen molar-refractivity contribution in [1.29, 1.82) is 0 Å². The number of aliphatic carboxylic acids is 1. The molecule has 0 spiro atoms. The van der Waals surface area contributed by atoms with Crippen molar-refractivity contribution in [2.24, 2.45) is 11.8 Å². The molecule has 1 amide bonds. The van der Waals surface area contributed by atoms with Crippen LogP contribution >= 0.6 is 23.2 Å². The Kier molecular flexibility index (Phi) is 8.94. The Hall–Kier alpha value is -3.13. The molecule has 1 saturated heterocycles. The Bertz CT molecular complexity index is 1470. The van der Waals surface area contributed by atoms with Crippen LogP contribution in [0.4, 0.5) is 4.39 Å². The highest BCUT2D eigenvalue weighted by atomic mass is 35.5. The van der Waals surface area contributed by atoms with E-state index in [1.54, 1.807) is 12.1 Å². The number of rotatable bonds is 11. The number of ether oxygens (including phenoxy) is 1. The number of carboxylic acids is 1. The standard InChI is InChI=1S/C34H35Cl2FN2O4/c35-25-14-24(15-26(36)16-25)32(23-4-2-1-3-5-23)39-12-10-20(11-13-39)19-43-30-18-29(37)28(17-27(30)21-6-7-21)33(40)38-31(34(41)42)22-8-9-22/h1-5,14-18,20-22,31-32H,6-13,19H2,(H,38,40)(H,41,42). The van der Waals surface area contributed by atoms with Gasteiger partial charge in [-0.25, -0.2) is 9.18 Å². The van der Waals surface area contributed by atoms with Crippen LogP contribution < -0.4 is 10.1 Å². The molecule has 3 aromatic carbocycles. The molecular weight excluding hydrogens is 590 g/mol. The van der Waals surface area contributed by atoms with Gasteiger partial charge in [0.05, 0.1) is 18.2 Å². The minimum absolute atomic E-state index is 0.0224. The summed E-state index contributed by atoms with van der Waals surface area (Å²) in [5, 5.41) is 13.2. The monoisotopic (exact) mass is 624 g/mol. The summed E-state index contributed by atoms with van der Waals surface area (Å²) >= 11 is 12.8. The van der Waals surface area contributed by atoms with Crippen molar-refractivity contribution in [2.75, 3.05) is 19.7 Å². The maximum absolute atomic E-state index is 15.2. The van der Waals surface area contributed by atoms with Gasteiger partial charge >= 0.3 is 5.97 Å². The smallest absolute Gasteiger partial charge is 0.326 e. The van der Waals surface area contributed by atoms with E-state index in [-0.39, 0.29) is 23.4 Å². The van der Waals surface area contributed by atoms with Crippen LogP contribution in [0.5, 0.6) is 5.75 Å². The number of benzene rings is 3.